The summed E-state index contributed by atoms with van der Waals surface area (Å²) < 4.78 is 14.6. The van der Waals surface area contributed by atoms with Crippen molar-refractivity contribution in [2.45, 2.75) is 45.7 Å². The van der Waals surface area contributed by atoms with Crippen molar-refractivity contribution < 1.29 is 14.0 Å². The van der Waals surface area contributed by atoms with Crippen LogP contribution in [0.3, 0.4) is 0 Å². The van der Waals surface area contributed by atoms with Crippen LogP contribution in [-0.2, 0) is 4.79 Å². The Morgan fingerprint density at radius 1 is 1.23 bits per heavy atom. The molecule has 2 bridgehead atoms. The van der Waals surface area contributed by atoms with E-state index in [0.717, 1.165) is 18.4 Å². The summed E-state index contributed by atoms with van der Waals surface area (Å²) in [5.74, 6) is -0.00420. The fourth-order valence-corrected chi connectivity index (χ4v) is 4.61. The number of piperazine rings is 1. The first kappa shape index (κ1) is 21.0. The number of fused-ring (bicyclic) bond motifs is 2. The fraction of sp³-hybridized carbons (Fsp3) is 0.455. The van der Waals surface area contributed by atoms with E-state index >= 15 is 0 Å². The van der Waals surface area contributed by atoms with Crippen molar-refractivity contribution in [2.75, 3.05) is 29.9 Å². The molecule has 8 nitrogen and oxygen atoms in total. The number of halogens is 1. The molecule has 2 N–H and O–H groups in total. The smallest absolute Gasteiger partial charge is 0.251 e. The van der Waals surface area contributed by atoms with Crippen molar-refractivity contribution in [1.29, 1.82) is 0 Å². The first-order valence-corrected chi connectivity index (χ1v) is 10.6. The molecule has 0 aliphatic carbocycles. The van der Waals surface area contributed by atoms with E-state index in [1.165, 1.54) is 6.20 Å². The second-order valence-electron chi connectivity index (χ2n) is 8.10. The molecule has 1 aromatic heterocycles. The molecule has 9 heteroatoms. The molecule has 4 rings (SSSR count). The van der Waals surface area contributed by atoms with Gasteiger partial charge in [0.25, 0.3) is 5.91 Å². The molecule has 0 spiro atoms. The van der Waals surface area contributed by atoms with Crippen LogP contribution < -0.4 is 15.5 Å². The number of carbonyl (C=O) groups excluding carboxylic acids is 2. The van der Waals surface area contributed by atoms with Crippen LogP contribution in [0.2, 0.25) is 0 Å². The third-order valence-electron chi connectivity index (χ3n) is 5.94. The first-order chi connectivity index (χ1) is 14.9. The van der Waals surface area contributed by atoms with E-state index in [1.807, 2.05) is 29.7 Å². The van der Waals surface area contributed by atoms with E-state index in [1.54, 1.807) is 19.1 Å². The van der Waals surface area contributed by atoms with E-state index in [0.29, 0.717) is 30.9 Å². The van der Waals surface area contributed by atoms with Gasteiger partial charge in [-0.3, -0.25) is 9.59 Å². The van der Waals surface area contributed by atoms with Gasteiger partial charge in [-0.25, -0.2) is 9.37 Å². The molecule has 0 saturated carbocycles. The molecule has 1 aromatic carbocycles. The van der Waals surface area contributed by atoms with Gasteiger partial charge in [-0.15, -0.1) is 0 Å². The Morgan fingerprint density at radius 2 is 1.94 bits per heavy atom. The zero-order valence-electron chi connectivity index (χ0n) is 18.0. The zero-order chi connectivity index (χ0) is 22.1. The van der Waals surface area contributed by atoms with Crippen LogP contribution in [0.15, 0.2) is 24.4 Å². The van der Waals surface area contributed by atoms with Crippen molar-refractivity contribution in [2.24, 2.45) is 0 Å². The van der Waals surface area contributed by atoms with Gasteiger partial charge in [0.1, 0.15) is 0 Å². The summed E-state index contributed by atoms with van der Waals surface area (Å²) >= 11 is 0. The molecular formula is C22H27FN6O2. The van der Waals surface area contributed by atoms with Crippen LogP contribution >= 0.6 is 0 Å². The monoisotopic (exact) mass is 426 g/mol. The number of carbonyl (C=O) groups is 2. The number of amides is 2. The van der Waals surface area contributed by atoms with E-state index in [4.69, 9.17) is 0 Å². The normalized spacial score (nSPS) is 20.0. The molecule has 2 aliphatic heterocycles. The highest BCUT2D eigenvalue weighted by Gasteiger charge is 2.42. The maximum Gasteiger partial charge on any atom is 0.251 e. The van der Waals surface area contributed by atoms with E-state index in [9.17, 15) is 14.0 Å². The fourth-order valence-electron chi connectivity index (χ4n) is 4.61. The number of anilines is 3. The molecule has 2 aliphatic rings. The van der Waals surface area contributed by atoms with Gasteiger partial charge in [-0.1, -0.05) is 0 Å². The molecule has 0 radical (unpaired) electrons. The Hall–Kier alpha value is -3.23. The van der Waals surface area contributed by atoms with Gasteiger partial charge in [0.05, 0.1) is 6.20 Å². The lowest BCUT2D eigenvalue weighted by atomic mass is 10.1. The Morgan fingerprint density at radius 3 is 2.55 bits per heavy atom. The van der Waals surface area contributed by atoms with Crippen molar-refractivity contribution in [3.63, 3.8) is 0 Å². The molecule has 0 unspecified atom stereocenters. The molecule has 31 heavy (non-hydrogen) atoms. The number of aromatic nitrogens is 2. The van der Waals surface area contributed by atoms with Gasteiger partial charge in [0.2, 0.25) is 11.9 Å². The van der Waals surface area contributed by atoms with Gasteiger partial charge in [-0.05, 0) is 50.5 Å². The summed E-state index contributed by atoms with van der Waals surface area (Å²) in [5.41, 5.74) is 2.13. The quantitative estimate of drug-likeness (QED) is 0.764. The van der Waals surface area contributed by atoms with Crippen LogP contribution in [0, 0.1) is 12.7 Å². The van der Waals surface area contributed by atoms with E-state index < -0.39 is 5.82 Å². The summed E-state index contributed by atoms with van der Waals surface area (Å²) in [5, 5.41) is 5.89. The summed E-state index contributed by atoms with van der Waals surface area (Å²) in [6.07, 6.45) is 3.02. The number of aryl methyl sites for hydroxylation is 1. The lowest BCUT2D eigenvalue weighted by Crippen LogP contribution is -2.55. The highest BCUT2D eigenvalue weighted by molar-refractivity contribution is 5.96. The van der Waals surface area contributed by atoms with E-state index in [2.05, 4.69) is 20.6 Å². The van der Waals surface area contributed by atoms with Crippen molar-refractivity contribution >= 4 is 29.3 Å². The summed E-state index contributed by atoms with van der Waals surface area (Å²) in [4.78, 5) is 36.3. The highest BCUT2D eigenvalue weighted by atomic mass is 19.1. The van der Waals surface area contributed by atoms with Gasteiger partial charge < -0.3 is 20.4 Å². The minimum Gasteiger partial charge on any atom is -0.352 e. The van der Waals surface area contributed by atoms with Gasteiger partial charge >= 0.3 is 0 Å². The molecule has 2 aromatic rings. The second kappa shape index (κ2) is 8.49. The van der Waals surface area contributed by atoms with Crippen LogP contribution in [0.4, 0.5) is 21.8 Å². The van der Waals surface area contributed by atoms with E-state index in [-0.39, 0.29) is 35.7 Å². The minimum absolute atomic E-state index is 0.0732. The number of nitrogens with one attached hydrogen (secondary N) is 2. The SMILES string of the molecule is CCNC(=O)c1ccc(Nc2ncc(F)c(N3C[C@H]4CC[C@@H](C3)N4C(C)=O)n2)cc1C. The number of benzene rings is 1. The molecule has 2 fully saturated rings. The maximum atomic E-state index is 14.6. The van der Waals surface area contributed by atoms with Crippen LogP contribution in [0.5, 0.6) is 0 Å². The second-order valence-corrected chi connectivity index (χ2v) is 8.10. The maximum absolute atomic E-state index is 14.6. The lowest BCUT2D eigenvalue weighted by molar-refractivity contribution is -0.132. The number of hydrogen-bond acceptors (Lipinski definition) is 6. The average molecular weight is 426 g/mol. The van der Waals surface area contributed by atoms with Gasteiger partial charge in [0.15, 0.2) is 11.6 Å². The predicted molar refractivity (Wildman–Crippen MR) is 116 cm³/mol. The Bertz CT molecular complexity index is 999. The molecule has 164 valence electrons. The average Bonchev–Trinajstić information content (AvgIpc) is 3.00. The van der Waals surface area contributed by atoms with Crippen molar-refractivity contribution in [1.82, 2.24) is 20.2 Å². The number of rotatable bonds is 5. The van der Waals surface area contributed by atoms with Crippen LogP contribution in [0.25, 0.3) is 0 Å². The minimum atomic E-state index is -0.482. The zero-order valence-corrected chi connectivity index (χ0v) is 18.0. The third-order valence-corrected chi connectivity index (χ3v) is 5.94. The summed E-state index contributed by atoms with van der Waals surface area (Å²) in [6.45, 7) is 7.00. The molecule has 3 heterocycles. The van der Waals surface area contributed by atoms with Gasteiger partial charge in [0, 0.05) is 49.9 Å². The Labute approximate surface area is 180 Å². The third kappa shape index (κ3) is 4.17. The Kier molecular flexibility index (Phi) is 5.75. The molecule has 2 atom stereocenters. The standard InChI is InChI=1S/C22H27FN6O2/c1-4-24-21(31)18-8-5-15(9-13(18)2)26-22-25-10-19(23)20(27-22)28-11-16-6-7-17(12-28)29(16)14(3)30/h5,8-10,16-17H,4,6-7,11-12H2,1-3H3,(H,24,31)(H,25,26,27)/t16-,17+. The molecular weight excluding hydrogens is 399 g/mol. The number of nitrogens with zero attached hydrogens (tertiary/aromatic N) is 4. The molecule has 2 saturated heterocycles. The summed E-state index contributed by atoms with van der Waals surface area (Å²) in [7, 11) is 0. The summed E-state index contributed by atoms with van der Waals surface area (Å²) in [6, 6.07) is 5.53. The van der Waals surface area contributed by atoms with Gasteiger partial charge in [-0.2, -0.15) is 4.98 Å². The van der Waals surface area contributed by atoms with Crippen LogP contribution in [-0.4, -0.2) is 58.4 Å². The highest BCUT2D eigenvalue weighted by Crippen LogP contribution is 2.33. The topological polar surface area (TPSA) is 90.5 Å². The molecule has 2 amide bonds. The number of hydrogen-bond donors (Lipinski definition) is 2. The lowest BCUT2D eigenvalue weighted by Gasteiger charge is -2.41. The van der Waals surface area contributed by atoms with Crippen molar-refractivity contribution in [3.8, 4) is 0 Å². The first-order valence-electron chi connectivity index (χ1n) is 10.6. The predicted octanol–water partition coefficient (Wildman–Crippen LogP) is 2.62. The Balaban J connectivity index is 1.52. The largest absolute Gasteiger partial charge is 0.352 e. The van der Waals surface area contributed by atoms with Crippen molar-refractivity contribution in [3.05, 3.63) is 41.3 Å². The van der Waals surface area contributed by atoms with Crippen LogP contribution in [0.1, 0.15) is 42.6 Å².